The van der Waals surface area contributed by atoms with E-state index in [1.807, 2.05) is 29.1 Å². The Labute approximate surface area is 134 Å². The van der Waals surface area contributed by atoms with Gasteiger partial charge in [-0.25, -0.2) is 9.67 Å². The standard InChI is InChI=1S/C17H17N5O/c1-23-17-4-2-3-15(19-17)16-11-22(21-20-16)10-12-5-6-13-8-18-9-14(13)7-12/h2-7,11,18H,8-10H2,1H3. The topological polar surface area (TPSA) is 64.9 Å². The van der Waals surface area contributed by atoms with Crippen molar-refractivity contribution in [2.24, 2.45) is 0 Å². The first-order chi connectivity index (χ1) is 11.3. The number of hydrogen-bond acceptors (Lipinski definition) is 5. The fraction of sp³-hybridized carbons (Fsp3) is 0.235. The van der Waals surface area contributed by atoms with Crippen LogP contribution in [0.3, 0.4) is 0 Å². The minimum Gasteiger partial charge on any atom is -0.481 e. The molecule has 23 heavy (non-hydrogen) atoms. The first-order valence-electron chi connectivity index (χ1n) is 7.55. The maximum absolute atomic E-state index is 5.15. The number of rotatable bonds is 4. The molecule has 1 aliphatic rings. The molecular formula is C17H17N5O. The molecule has 3 aromatic rings. The largest absolute Gasteiger partial charge is 0.481 e. The summed E-state index contributed by atoms with van der Waals surface area (Å²) in [4.78, 5) is 4.38. The highest BCUT2D eigenvalue weighted by molar-refractivity contribution is 5.52. The van der Waals surface area contributed by atoms with Gasteiger partial charge in [-0.15, -0.1) is 5.10 Å². The molecule has 0 spiro atoms. The zero-order valence-corrected chi connectivity index (χ0v) is 12.9. The molecule has 1 N–H and O–H groups in total. The lowest BCUT2D eigenvalue weighted by Gasteiger charge is -2.04. The number of nitrogens with one attached hydrogen (secondary N) is 1. The second-order valence-corrected chi connectivity index (χ2v) is 5.57. The molecule has 1 aromatic carbocycles. The van der Waals surface area contributed by atoms with Crippen molar-refractivity contribution in [3.8, 4) is 17.3 Å². The van der Waals surface area contributed by atoms with Crippen molar-refractivity contribution in [2.75, 3.05) is 7.11 Å². The molecule has 0 fully saturated rings. The van der Waals surface area contributed by atoms with Crippen LogP contribution in [0.25, 0.3) is 11.4 Å². The Morgan fingerprint density at radius 3 is 2.96 bits per heavy atom. The number of methoxy groups -OCH3 is 1. The van der Waals surface area contributed by atoms with Crippen LogP contribution in [0.1, 0.15) is 16.7 Å². The minimum atomic E-state index is 0.572. The second kappa shape index (κ2) is 5.81. The maximum Gasteiger partial charge on any atom is 0.213 e. The Kier molecular flexibility index (Phi) is 3.51. The van der Waals surface area contributed by atoms with Crippen molar-refractivity contribution >= 4 is 0 Å². The fourth-order valence-corrected chi connectivity index (χ4v) is 2.80. The van der Waals surface area contributed by atoms with Gasteiger partial charge < -0.3 is 10.1 Å². The Bertz CT molecular complexity index is 843. The van der Waals surface area contributed by atoms with Gasteiger partial charge in [0, 0.05) is 19.2 Å². The highest BCUT2D eigenvalue weighted by Gasteiger charge is 2.11. The summed E-state index contributed by atoms with van der Waals surface area (Å²) in [6.07, 6.45) is 1.91. The van der Waals surface area contributed by atoms with Crippen LogP contribution in [0.4, 0.5) is 0 Å². The van der Waals surface area contributed by atoms with Gasteiger partial charge in [-0.2, -0.15) is 0 Å². The fourth-order valence-electron chi connectivity index (χ4n) is 2.80. The van der Waals surface area contributed by atoms with Gasteiger partial charge in [0.1, 0.15) is 5.69 Å². The Hall–Kier alpha value is -2.73. The van der Waals surface area contributed by atoms with Gasteiger partial charge in [-0.05, 0) is 22.8 Å². The average Bonchev–Trinajstić information content (AvgIpc) is 3.24. The Balaban J connectivity index is 1.56. The monoisotopic (exact) mass is 307 g/mol. The maximum atomic E-state index is 5.15. The van der Waals surface area contributed by atoms with E-state index >= 15 is 0 Å². The van der Waals surface area contributed by atoms with Crippen LogP contribution in [-0.2, 0) is 19.6 Å². The van der Waals surface area contributed by atoms with Gasteiger partial charge in [-0.3, -0.25) is 0 Å². The summed E-state index contributed by atoms with van der Waals surface area (Å²) < 4.78 is 6.98. The number of ether oxygens (including phenoxy) is 1. The van der Waals surface area contributed by atoms with E-state index in [9.17, 15) is 0 Å². The summed E-state index contributed by atoms with van der Waals surface area (Å²) in [5.74, 6) is 0.572. The first kappa shape index (κ1) is 13.9. The van der Waals surface area contributed by atoms with Gasteiger partial charge >= 0.3 is 0 Å². The van der Waals surface area contributed by atoms with E-state index in [1.165, 1.54) is 16.7 Å². The van der Waals surface area contributed by atoms with Gasteiger partial charge in [0.2, 0.25) is 5.88 Å². The van der Waals surface area contributed by atoms with E-state index in [0.29, 0.717) is 12.4 Å². The van der Waals surface area contributed by atoms with Crippen molar-refractivity contribution in [3.63, 3.8) is 0 Å². The first-order valence-corrected chi connectivity index (χ1v) is 7.55. The third-order valence-corrected chi connectivity index (χ3v) is 3.98. The van der Waals surface area contributed by atoms with E-state index in [-0.39, 0.29) is 0 Å². The molecule has 0 amide bonds. The third-order valence-electron chi connectivity index (χ3n) is 3.98. The smallest absolute Gasteiger partial charge is 0.213 e. The molecule has 6 heteroatoms. The van der Waals surface area contributed by atoms with Crippen molar-refractivity contribution in [1.82, 2.24) is 25.3 Å². The zero-order chi connectivity index (χ0) is 15.6. The molecule has 2 aromatic heterocycles. The molecule has 0 atom stereocenters. The number of nitrogens with zero attached hydrogens (tertiary/aromatic N) is 4. The highest BCUT2D eigenvalue weighted by Crippen LogP contribution is 2.19. The van der Waals surface area contributed by atoms with Crippen LogP contribution in [0.15, 0.2) is 42.6 Å². The van der Waals surface area contributed by atoms with Gasteiger partial charge in [0.15, 0.2) is 0 Å². The predicted octanol–water partition coefficient (Wildman–Crippen LogP) is 2.00. The minimum absolute atomic E-state index is 0.572. The lowest BCUT2D eigenvalue weighted by Crippen LogP contribution is -2.01. The van der Waals surface area contributed by atoms with E-state index in [1.54, 1.807) is 7.11 Å². The van der Waals surface area contributed by atoms with Crippen molar-refractivity contribution in [3.05, 3.63) is 59.3 Å². The van der Waals surface area contributed by atoms with Crippen LogP contribution >= 0.6 is 0 Å². The van der Waals surface area contributed by atoms with Gasteiger partial charge in [0.05, 0.1) is 25.5 Å². The molecule has 0 unspecified atom stereocenters. The van der Waals surface area contributed by atoms with Crippen LogP contribution < -0.4 is 10.1 Å². The van der Waals surface area contributed by atoms with Gasteiger partial charge in [-0.1, -0.05) is 29.5 Å². The average molecular weight is 307 g/mol. The number of benzene rings is 1. The lowest BCUT2D eigenvalue weighted by molar-refractivity contribution is 0.398. The third kappa shape index (κ3) is 2.80. The molecule has 1 aliphatic heterocycles. The number of hydrogen-bond donors (Lipinski definition) is 1. The molecule has 0 radical (unpaired) electrons. The molecule has 4 rings (SSSR count). The second-order valence-electron chi connectivity index (χ2n) is 5.57. The van der Waals surface area contributed by atoms with Crippen molar-refractivity contribution < 1.29 is 4.74 Å². The van der Waals surface area contributed by atoms with E-state index in [0.717, 1.165) is 24.5 Å². The molecule has 3 heterocycles. The van der Waals surface area contributed by atoms with Gasteiger partial charge in [0.25, 0.3) is 0 Å². The van der Waals surface area contributed by atoms with Crippen molar-refractivity contribution in [2.45, 2.75) is 19.6 Å². The summed E-state index contributed by atoms with van der Waals surface area (Å²) in [5, 5.41) is 11.8. The predicted molar refractivity (Wildman–Crippen MR) is 85.9 cm³/mol. The van der Waals surface area contributed by atoms with Crippen molar-refractivity contribution in [1.29, 1.82) is 0 Å². The zero-order valence-electron chi connectivity index (χ0n) is 12.9. The summed E-state index contributed by atoms with van der Waals surface area (Å²) >= 11 is 0. The summed E-state index contributed by atoms with van der Waals surface area (Å²) in [6.45, 7) is 2.61. The Morgan fingerprint density at radius 2 is 2.04 bits per heavy atom. The normalized spacial score (nSPS) is 13.1. The van der Waals surface area contributed by atoms with Crippen LogP contribution in [0.5, 0.6) is 5.88 Å². The number of aromatic nitrogens is 4. The van der Waals surface area contributed by atoms with E-state index in [4.69, 9.17) is 4.74 Å². The summed E-state index contributed by atoms with van der Waals surface area (Å²) in [7, 11) is 1.60. The lowest BCUT2D eigenvalue weighted by atomic mass is 10.1. The number of pyridine rings is 1. The van der Waals surface area contributed by atoms with E-state index in [2.05, 4.69) is 38.8 Å². The van der Waals surface area contributed by atoms with Crippen LogP contribution in [-0.4, -0.2) is 27.1 Å². The van der Waals surface area contributed by atoms with E-state index < -0.39 is 0 Å². The molecule has 0 aliphatic carbocycles. The number of fused-ring (bicyclic) bond motifs is 1. The van der Waals surface area contributed by atoms with Crippen LogP contribution in [0.2, 0.25) is 0 Å². The molecule has 6 nitrogen and oxygen atoms in total. The molecule has 0 saturated carbocycles. The highest BCUT2D eigenvalue weighted by atomic mass is 16.5. The summed E-state index contributed by atoms with van der Waals surface area (Å²) in [6, 6.07) is 12.2. The van der Waals surface area contributed by atoms with Crippen LogP contribution in [0, 0.1) is 0 Å². The quantitative estimate of drug-likeness (QED) is 0.798. The molecular weight excluding hydrogens is 290 g/mol. The molecule has 116 valence electrons. The molecule has 0 saturated heterocycles. The SMILES string of the molecule is COc1cccc(-c2cn(Cc3ccc4c(c3)CNC4)nn2)n1. The Morgan fingerprint density at radius 1 is 1.13 bits per heavy atom. The summed E-state index contributed by atoms with van der Waals surface area (Å²) in [5.41, 5.74) is 5.48. The molecule has 0 bridgehead atoms.